The van der Waals surface area contributed by atoms with Crippen LogP contribution in [0, 0.1) is 12.3 Å². The van der Waals surface area contributed by atoms with E-state index in [4.69, 9.17) is 16.9 Å². The third-order valence-corrected chi connectivity index (χ3v) is 1.32. The zero-order valence-electron chi connectivity index (χ0n) is 7.33. The van der Waals surface area contributed by atoms with Gasteiger partial charge in [0.05, 0.1) is 12.3 Å². The Hall–Kier alpha value is -1.85. The molecule has 0 saturated carbocycles. The lowest BCUT2D eigenvalue weighted by molar-refractivity contribution is 1.04. The van der Waals surface area contributed by atoms with E-state index in [0.29, 0.717) is 11.7 Å². The van der Waals surface area contributed by atoms with Crippen LogP contribution in [0.2, 0.25) is 0 Å². The second-order valence-electron chi connectivity index (χ2n) is 2.71. The Bertz CT molecular complexity index is 337. The van der Waals surface area contributed by atoms with Crippen LogP contribution < -0.4 is 11.5 Å². The highest BCUT2D eigenvalue weighted by molar-refractivity contribution is 6.00. The van der Waals surface area contributed by atoms with Crippen LogP contribution in [0.25, 0.3) is 0 Å². The minimum absolute atomic E-state index is 0.00601. The summed E-state index contributed by atoms with van der Waals surface area (Å²) >= 11 is 0. The summed E-state index contributed by atoms with van der Waals surface area (Å²) in [7, 11) is 0. The number of amidine groups is 2. The third-order valence-electron chi connectivity index (χ3n) is 1.32. The lowest BCUT2D eigenvalue weighted by atomic mass is 10.4. The van der Waals surface area contributed by atoms with E-state index in [9.17, 15) is 0 Å². The Morgan fingerprint density at radius 1 is 1.69 bits per heavy atom. The molecule has 0 spiro atoms. The van der Waals surface area contributed by atoms with Crippen LogP contribution in [0.3, 0.4) is 0 Å². The molecular weight excluding hydrogens is 168 g/mol. The molecule has 1 aromatic heterocycles. The van der Waals surface area contributed by atoms with Crippen LogP contribution in [0.1, 0.15) is 12.1 Å². The minimum atomic E-state index is -0.00601. The molecule has 0 unspecified atom stereocenters. The topological polar surface area (TPSA) is 117 Å². The van der Waals surface area contributed by atoms with Gasteiger partial charge in [-0.05, 0) is 6.92 Å². The highest BCUT2D eigenvalue weighted by Gasteiger charge is 1.98. The summed E-state index contributed by atoms with van der Waals surface area (Å²) in [5.74, 6) is 0.795. The molecule has 6 N–H and O–H groups in total. The van der Waals surface area contributed by atoms with Crippen molar-refractivity contribution in [2.45, 2.75) is 13.3 Å². The Morgan fingerprint density at radius 2 is 2.38 bits per heavy atom. The zero-order chi connectivity index (χ0) is 9.84. The maximum atomic E-state index is 6.98. The largest absolute Gasteiger partial charge is 0.387 e. The summed E-state index contributed by atoms with van der Waals surface area (Å²) < 4.78 is 0. The van der Waals surface area contributed by atoms with Gasteiger partial charge >= 0.3 is 0 Å². The molecule has 6 heteroatoms. The third kappa shape index (κ3) is 2.94. The van der Waals surface area contributed by atoms with Gasteiger partial charge in [-0.15, -0.1) is 0 Å². The highest BCUT2D eigenvalue weighted by Crippen LogP contribution is 2.07. The highest BCUT2D eigenvalue weighted by atomic mass is 15.2. The normalized spacial score (nSPS) is 11.6. The number of aromatic nitrogens is 2. The van der Waals surface area contributed by atoms with Gasteiger partial charge in [0, 0.05) is 11.8 Å². The Kier molecular flexibility index (Phi) is 2.63. The van der Waals surface area contributed by atoms with Gasteiger partial charge in [-0.3, -0.25) is 10.5 Å². The summed E-state index contributed by atoms with van der Waals surface area (Å²) in [6.45, 7) is 1.87. The van der Waals surface area contributed by atoms with Crippen LogP contribution in [-0.4, -0.2) is 21.9 Å². The Labute approximate surface area is 75.5 Å². The van der Waals surface area contributed by atoms with Gasteiger partial charge < -0.3 is 11.5 Å². The summed E-state index contributed by atoms with van der Waals surface area (Å²) in [5.41, 5.74) is 11.5. The quantitative estimate of drug-likeness (QED) is 0.388. The molecule has 0 aliphatic heterocycles. The van der Waals surface area contributed by atoms with Crippen molar-refractivity contribution in [2.24, 2.45) is 16.5 Å². The standard InChI is InChI=1S/C7H12N6/c1-4-2-7(13-12-4)11-6(10)3-5(8)9/h2H,3H2,1H3,(H3,8,9)(H3,10,11,12,13). The van der Waals surface area contributed by atoms with Gasteiger partial charge in [0.25, 0.3) is 0 Å². The maximum Gasteiger partial charge on any atom is 0.175 e. The van der Waals surface area contributed by atoms with Gasteiger partial charge in [-0.1, -0.05) is 0 Å². The first-order valence-corrected chi connectivity index (χ1v) is 3.76. The zero-order valence-corrected chi connectivity index (χ0v) is 7.33. The van der Waals surface area contributed by atoms with Crippen molar-refractivity contribution < 1.29 is 0 Å². The number of nitrogens with zero attached hydrogens (tertiary/aromatic N) is 2. The second-order valence-corrected chi connectivity index (χ2v) is 2.71. The van der Waals surface area contributed by atoms with Crippen molar-refractivity contribution in [2.75, 3.05) is 0 Å². The van der Waals surface area contributed by atoms with Crippen molar-refractivity contribution >= 4 is 17.5 Å². The average Bonchev–Trinajstić information content (AvgIpc) is 2.33. The maximum absolute atomic E-state index is 6.98. The SMILES string of the molecule is Cc1cc(N=C(N)CC(=N)N)n[nH]1. The van der Waals surface area contributed by atoms with Crippen molar-refractivity contribution in [3.63, 3.8) is 0 Å². The average molecular weight is 180 g/mol. The molecular formula is C7H12N6. The molecule has 1 rings (SSSR count). The van der Waals surface area contributed by atoms with Gasteiger partial charge in [-0.25, -0.2) is 4.99 Å². The summed E-state index contributed by atoms with van der Waals surface area (Å²) in [4.78, 5) is 3.95. The van der Waals surface area contributed by atoms with Crippen LogP contribution in [0.15, 0.2) is 11.1 Å². The van der Waals surface area contributed by atoms with Gasteiger partial charge in [-0.2, -0.15) is 5.10 Å². The number of aromatic amines is 1. The molecule has 0 saturated heterocycles. The molecule has 0 aliphatic carbocycles. The van der Waals surface area contributed by atoms with E-state index in [-0.39, 0.29) is 12.3 Å². The van der Waals surface area contributed by atoms with Crippen molar-refractivity contribution in [1.29, 1.82) is 5.41 Å². The Morgan fingerprint density at radius 3 is 2.85 bits per heavy atom. The molecule has 13 heavy (non-hydrogen) atoms. The van der Waals surface area contributed by atoms with Crippen LogP contribution >= 0.6 is 0 Å². The van der Waals surface area contributed by atoms with E-state index < -0.39 is 0 Å². The lowest BCUT2D eigenvalue weighted by Crippen LogP contribution is -2.21. The number of aliphatic imine (C=N–C) groups is 1. The lowest BCUT2D eigenvalue weighted by Gasteiger charge is -1.95. The minimum Gasteiger partial charge on any atom is -0.387 e. The fourth-order valence-corrected chi connectivity index (χ4v) is 0.843. The number of hydrogen-bond donors (Lipinski definition) is 4. The number of H-pyrrole nitrogens is 1. The summed E-state index contributed by atoms with van der Waals surface area (Å²) in [6.07, 6.45) is 0.173. The first-order valence-electron chi connectivity index (χ1n) is 3.76. The predicted octanol–water partition coefficient (Wildman–Crippen LogP) is 0.0329. The van der Waals surface area contributed by atoms with Gasteiger partial charge in [0.2, 0.25) is 0 Å². The van der Waals surface area contributed by atoms with E-state index >= 15 is 0 Å². The van der Waals surface area contributed by atoms with Crippen LogP contribution in [-0.2, 0) is 0 Å². The van der Waals surface area contributed by atoms with Crippen molar-refractivity contribution in [1.82, 2.24) is 10.2 Å². The number of hydrogen-bond acceptors (Lipinski definition) is 3. The molecule has 70 valence electrons. The van der Waals surface area contributed by atoms with E-state index in [1.807, 2.05) is 6.92 Å². The van der Waals surface area contributed by atoms with Crippen molar-refractivity contribution in [3.8, 4) is 0 Å². The van der Waals surface area contributed by atoms with Gasteiger partial charge in [0.15, 0.2) is 5.82 Å². The van der Waals surface area contributed by atoms with Crippen LogP contribution in [0.4, 0.5) is 5.82 Å². The molecule has 1 heterocycles. The van der Waals surface area contributed by atoms with E-state index in [1.54, 1.807) is 6.07 Å². The number of aryl methyl sites for hydroxylation is 1. The fraction of sp³-hybridized carbons (Fsp3) is 0.286. The molecule has 0 bridgehead atoms. The summed E-state index contributed by atoms with van der Waals surface area (Å²) in [6, 6.07) is 1.76. The fourth-order valence-electron chi connectivity index (χ4n) is 0.843. The van der Waals surface area contributed by atoms with E-state index in [2.05, 4.69) is 15.2 Å². The molecule has 1 aromatic rings. The molecule has 0 aromatic carbocycles. The monoisotopic (exact) mass is 180 g/mol. The first-order chi connectivity index (χ1) is 6.08. The van der Waals surface area contributed by atoms with Crippen molar-refractivity contribution in [3.05, 3.63) is 11.8 Å². The molecule has 6 nitrogen and oxygen atoms in total. The predicted molar refractivity (Wildman–Crippen MR) is 51.1 cm³/mol. The molecule has 0 radical (unpaired) electrons. The smallest absolute Gasteiger partial charge is 0.175 e. The number of nitrogens with two attached hydrogens (primary N) is 2. The number of nitrogens with one attached hydrogen (secondary N) is 2. The van der Waals surface area contributed by atoms with Gasteiger partial charge in [0.1, 0.15) is 5.84 Å². The first kappa shape index (κ1) is 9.24. The Balaban J connectivity index is 2.70. The molecule has 0 fully saturated rings. The summed E-state index contributed by atoms with van der Waals surface area (Å²) in [5, 5.41) is 13.6. The molecule has 0 atom stereocenters. The van der Waals surface area contributed by atoms with E-state index in [0.717, 1.165) is 5.69 Å². The number of rotatable bonds is 3. The van der Waals surface area contributed by atoms with E-state index in [1.165, 1.54) is 0 Å². The van der Waals surface area contributed by atoms with Crippen LogP contribution in [0.5, 0.6) is 0 Å². The molecule has 0 aliphatic rings. The second kappa shape index (κ2) is 3.70. The molecule has 0 amide bonds.